The third-order valence-electron chi connectivity index (χ3n) is 6.65. The lowest BCUT2D eigenvalue weighted by Gasteiger charge is -2.26. The average Bonchev–Trinajstić information content (AvgIpc) is 3.44. The van der Waals surface area contributed by atoms with E-state index in [2.05, 4.69) is 29.3 Å². The third-order valence-corrected chi connectivity index (χ3v) is 6.65. The average molecular weight is 440 g/mol. The summed E-state index contributed by atoms with van der Waals surface area (Å²) >= 11 is 0. The predicted octanol–water partition coefficient (Wildman–Crippen LogP) is 4.65. The Morgan fingerprint density at radius 1 is 1.16 bits per heavy atom. The van der Waals surface area contributed by atoms with Gasteiger partial charge in [-0.1, -0.05) is 0 Å². The second kappa shape index (κ2) is 9.65. The molecule has 2 aromatic rings. The minimum absolute atomic E-state index is 0.264. The fourth-order valence-corrected chi connectivity index (χ4v) is 4.90. The number of aryl methyl sites for hydroxylation is 2. The number of hydrogen-bond acceptors (Lipinski definition) is 6. The van der Waals surface area contributed by atoms with E-state index in [0.29, 0.717) is 6.61 Å². The van der Waals surface area contributed by atoms with Gasteiger partial charge < -0.3 is 19.7 Å². The van der Waals surface area contributed by atoms with Gasteiger partial charge in [0.2, 0.25) is 0 Å². The molecule has 1 N–H and O–H groups in total. The number of ether oxygens (including phenoxy) is 2. The van der Waals surface area contributed by atoms with Crippen molar-refractivity contribution in [2.75, 3.05) is 38.2 Å². The fourth-order valence-electron chi connectivity index (χ4n) is 4.90. The van der Waals surface area contributed by atoms with Gasteiger partial charge in [0.05, 0.1) is 18.7 Å². The van der Waals surface area contributed by atoms with E-state index in [0.717, 1.165) is 61.5 Å². The first kappa shape index (κ1) is 22.8. The van der Waals surface area contributed by atoms with Gasteiger partial charge in [-0.3, -0.25) is 0 Å². The second-order valence-electron chi connectivity index (χ2n) is 9.63. The molecule has 1 fully saturated rings. The van der Waals surface area contributed by atoms with Gasteiger partial charge >= 0.3 is 5.97 Å². The molecule has 32 heavy (non-hydrogen) atoms. The molecule has 1 saturated heterocycles. The molecule has 1 aromatic heterocycles. The number of hydrogen-bond donors (Lipinski definition) is 1. The maximum Gasteiger partial charge on any atom is 0.331 e. The Labute approximate surface area is 191 Å². The summed E-state index contributed by atoms with van der Waals surface area (Å²) in [4.78, 5) is 19.9. The number of carbonyl (C=O) groups excluding carboxylic acids is 1. The van der Waals surface area contributed by atoms with Gasteiger partial charge in [-0.2, -0.15) is 0 Å². The molecule has 6 heteroatoms. The highest BCUT2D eigenvalue weighted by molar-refractivity contribution is 5.90. The van der Waals surface area contributed by atoms with Crippen LogP contribution >= 0.6 is 0 Å². The van der Waals surface area contributed by atoms with E-state index in [1.54, 1.807) is 0 Å². The first-order valence-electron chi connectivity index (χ1n) is 12.2. The van der Waals surface area contributed by atoms with Crippen LogP contribution in [0.1, 0.15) is 63.1 Å². The Morgan fingerprint density at radius 3 is 2.66 bits per heavy atom. The van der Waals surface area contributed by atoms with E-state index in [4.69, 9.17) is 14.5 Å². The normalized spacial score (nSPS) is 16.4. The number of carbonyl (C=O) groups is 1. The molecule has 0 atom stereocenters. The lowest BCUT2D eigenvalue weighted by molar-refractivity contribution is -0.147. The third kappa shape index (κ3) is 4.85. The zero-order valence-electron chi connectivity index (χ0n) is 20.1. The molecule has 0 spiro atoms. The van der Waals surface area contributed by atoms with Crippen LogP contribution in [-0.2, 0) is 22.4 Å². The van der Waals surface area contributed by atoms with Gasteiger partial charge in [0.25, 0.3) is 0 Å². The summed E-state index contributed by atoms with van der Waals surface area (Å²) in [6.45, 7) is 12.3. The molecule has 1 aliphatic heterocycles. The monoisotopic (exact) mass is 439 g/mol. The minimum Gasteiger partial charge on any atom is -0.493 e. The van der Waals surface area contributed by atoms with Crippen molar-refractivity contribution in [3.8, 4) is 5.75 Å². The summed E-state index contributed by atoms with van der Waals surface area (Å²) in [6.07, 6.45) is 6.81. The zero-order valence-corrected chi connectivity index (χ0v) is 20.1. The molecular formula is C26H37N3O3. The first-order chi connectivity index (χ1) is 15.4. The molecule has 0 saturated carbocycles. The highest BCUT2D eigenvalue weighted by atomic mass is 16.5. The largest absolute Gasteiger partial charge is 0.493 e. The summed E-state index contributed by atoms with van der Waals surface area (Å²) in [7, 11) is 0. The van der Waals surface area contributed by atoms with Crippen molar-refractivity contribution >= 4 is 22.7 Å². The van der Waals surface area contributed by atoms with Gasteiger partial charge in [0, 0.05) is 18.0 Å². The number of likely N-dealkylation sites (tertiary alicyclic amines) is 1. The lowest BCUT2D eigenvalue weighted by Crippen LogP contribution is -2.42. The summed E-state index contributed by atoms with van der Waals surface area (Å²) < 4.78 is 11.4. The number of fused-ring (bicyclic) bond motifs is 3. The molecular weight excluding hydrogens is 402 g/mol. The molecule has 6 nitrogen and oxygen atoms in total. The van der Waals surface area contributed by atoms with E-state index in [1.807, 2.05) is 20.8 Å². The molecule has 0 amide bonds. The van der Waals surface area contributed by atoms with Crippen LogP contribution in [0.3, 0.4) is 0 Å². The smallest absolute Gasteiger partial charge is 0.331 e. The van der Waals surface area contributed by atoms with Crippen LogP contribution in [0, 0.1) is 6.92 Å². The summed E-state index contributed by atoms with van der Waals surface area (Å²) in [5.74, 6) is 1.44. The standard InChI is InChI=1S/C26H37N3O3/c1-5-31-25(30)26(3,4)28-24-20-11-8-10-19(20)21-16-18(2)23(17-22(21)27-24)32-15-9-14-29-12-6-7-13-29/h16-17H,5-15H2,1-4H3,(H,27,28). The molecule has 2 heterocycles. The quantitative estimate of drug-likeness (QED) is 0.453. The molecule has 0 radical (unpaired) electrons. The second-order valence-corrected chi connectivity index (χ2v) is 9.63. The van der Waals surface area contributed by atoms with Gasteiger partial charge in [0.15, 0.2) is 0 Å². The predicted molar refractivity (Wildman–Crippen MR) is 129 cm³/mol. The van der Waals surface area contributed by atoms with E-state index in [-0.39, 0.29) is 5.97 Å². The Morgan fingerprint density at radius 2 is 1.91 bits per heavy atom. The van der Waals surface area contributed by atoms with Crippen molar-refractivity contribution in [2.24, 2.45) is 0 Å². The number of esters is 1. The van der Waals surface area contributed by atoms with Crippen LogP contribution in [0.5, 0.6) is 5.75 Å². The van der Waals surface area contributed by atoms with Gasteiger partial charge in [-0.25, -0.2) is 9.78 Å². The van der Waals surface area contributed by atoms with E-state index in [9.17, 15) is 4.79 Å². The lowest BCUT2D eigenvalue weighted by atomic mass is 10.0. The van der Waals surface area contributed by atoms with Crippen molar-refractivity contribution < 1.29 is 14.3 Å². The number of pyridine rings is 1. The van der Waals surface area contributed by atoms with Crippen LogP contribution in [-0.4, -0.2) is 54.2 Å². The number of benzene rings is 1. The Bertz CT molecular complexity index is 980. The zero-order chi connectivity index (χ0) is 22.7. The number of rotatable bonds is 9. The molecule has 174 valence electrons. The van der Waals surface area contributed by atoms with Gasteiger partial charge in [-0.15, -0.1) is 0 Å². The van der Waals surface area contributed by atoms with Crippen LogP contribution in [0.2, 0.25) is 0 Å². The number of nitrogens with one attached hydrogen (secondary N) is 1. The van der Waals surface area contributed by atoms with Crippen molar-refractivity contribution in [3.63, 3.8) is 0 Å². The van der Waals surface area contributed by atoms with Crippen LogP contribution in [0.4, 0.5) is 5.82 Å². The molecule has 2 aliphatic rings. The van der Waals surface area contributed by atoms with Crippen molar-refractivity contribution in [1.82, 2.24) is 9.88 Å². The number of anilines is 1. The van der Waals surface area contributed by atoms with Crippen LogP contribution < -0.4 is 10.1 Å². The summed E-state index contributed by atoms with van der Waals surface area (Å²) in [6, 6.07) is 4.30. The molecule has 0 unspecified atom stereocenters. The maximum atomic E-state index is 12.4. The molecule has 0 bridgehead atoms. The van der Waals surface area contributed by atoms with E-state index < -0.39 is 5.54 Å². The molecule has 4 rings (SSSR count). The van der Waals surface area contributed by atoms with E-state index >= 15 is 0 Å². The Kier molecular flexibility index (Phi) is 6.89. The Balaban J connectivity index is 1.56. The van der Waals surface area contributed by atoms with Crippen molar-refractivity contribution in [1.29, 1.82) is 0 Å². The Hall–Kier alpha value is -2.34. The number of aromatic nitrogens is 1. The minimum atomic E-state index is -0.841. The van der Waals surface area contributed by atoms with Gasteiger partial charge in [-0.05, 0) is 102 Å². The highest BCUT2D eigenvalue weighted by Gasteiger charge is 2.32. The maximum absolute atomic E-state index is 12.4. The van der Waals surface area contributed by atoms with E-state index in [1.165, 1.54) is 42.4 Å². The summed E-state index contributed by atoms with van der Waals surface area (Å²) in [5, 5.41) is 4.59. The van der Waals surface area contributed by atoms with Crippen LogP contribution in [0.15, 0.2) is 12.1 Å². The first-order valence-corrected chi connectivity index (χ1v) is 12.2. The summed E-state index contributed by atoms with van der Waals surface area (Å²) in [5.41, 5.74) is 3.82. The topological polar surface area (TPSA) is 63.7 Å². The molecule has 1 aliphatic carbocycles. The van der Waals surface area contributed by atoms with Crippen molar-refractivity contribution in [2.45, 2.75) is 71.8 Å². The van der Waals surface area contributed by atoms with Crippen LogP contribution in [0.25, 0.3) is 10.9 Å². The SMILES string of the molecule is CCOC(=O)C(C)(C)Nc1nc2cc(OCCCN3CCCC3)c(C)cc2c2c1CCC2. The fraction of sp³-hybridized carbons (Fsp3) is 0.615. The van der Waals surface area contributed by atoms with Gasteiger partial charge in [0.1, 0.15) is 17.1 Å². The van der Waals surface area contributed by atoms with Crippen molar-refractivity contribution in [3.05, 3.63) is 28.8 Å². The highest BCUT2D eigenvalue weighted by Crippen LogP contribution is 2.37. The molecule has 1 aromatic carbocycles. The number of nitrogens with zero attached hydrogens (tertiary/aromatic N) is 2.